The van der Waals surface area contributed by atoms with Crippen LogP contribution in [0, 0.1) is 3.70 Å². The first-order chi connectivity index (χ1) is 6.06. The van der Waals surface area contributed by atoms with E-state index in [-0.39, 0.29) is 21.3 Å². The molecule has 0 radical (unpaired) electrons. The van der Waals surface area contributed by atoms with E-state index >= 15 is 0 Å². The van der Waals surface area contributed by atoms with Crippen LogP contribution in [0.2, 0.25) is 0 Å². The van der Waals surface area contributed by atoms with Gasteiger partial charge in [-0.3, -0.25) is 4.79 Å². The lowest BCUT2D eigenvalue weighted by Crippen LogP contribution is -1.99. The third-order valence-electron chi connectivity index (χ3n) is 1.35. The molecule has 3 nitrogen and oxygen atoms in total. The van der Waals surface area contributed by atoms with Gasteiger partial charge in [-0.05, 0) is 28.7 Å². The summed E-state index contributed by atoms with van der Waals surface area (Å²) in [7, 11) is 0. The second-order valence-electron chi connectivity index (χ2n) is 2.19. The van der Waals surface area contributed by atoms with Crippen molar-refractivity contribution in [3.8, 4) is 5.75 Å². The molecule has 0 aliphatic carbocycles. The number of aldehydes is 1. The highest BCUT2D eigenvalue weighted by molar-refractivity contribution is 14.1. The summed E-state index contributed by atoms with van der Waals surface area (Å²) in [6.45, 7) is 0. The molecule has 0 aliphatic rings. The van der Waals surface area contributed by atoms with Crippen LogP contribution in [0.15, 0.2) is 6.07 Å². The second-order valence-corrected chi connectivity index (χ2v) is 3.21. The Hall–Kier alpha value is -0.790. The molecule has 0 saturated heterocycles. The summed E-state index contributed by atoms with van der Waals surface area (Å²) < 4.78 is 24.5. The van der Waals surface area contributed by atoms with Crippen molar-refractivity contribution in [1.82, 2.24) is 4.98 Å². The second kappa shape index (κ2) is 3.95. The molecule has 13 heavy (non-hydrogen) atoms. The molecular weight excluding hydrogens is 295 g/mol. The largest absolute Gasteiger partial charge is 0.505 e. The van der Waals surface area contributed by atoms with E-state index < -0.39 is 12.1 Å². The van der Waals surface area contributed by atoms with Gasteiger partial charge in [-0.1, -0.05) is 0 Å². The molecule has 1 aromatic heterocycles. The first kappa shape index (κ1) is 10.3. The summed E-state index contributed by atoms with van der Waals surface area (Å²) in [6, 6.07) is 0.975. The van der Waals surface area contributed by atoms with Crippen LogP contribution in [-0.2, 0) is 0 Å². The van der Waals surface area contributed by atoms with Crippen LogP contribution in [0.3, 0.4) is 0 Å². The lowest BCUT2D eigenvalue weighted by atomic mass is 10.2. The molecule has 0 aliphatic heterocycles. The van der Waals surface area contributed by atoms with Gasteiger partial charge in [-0.15, -0.1) is 0 Å². The van der Waals surface area contributed by atoms with Crippen molar-refractivity contribution < 1.29 is 18.7 Å². The molecule has 0 unspecified atom stereocenters. The van der Waals surface area contributed by atoms with Crippen LogP contribution >= 0.6 is 22.6 Å². The Morgan fingerprint density at radius 1 is 1.62 bits per heavy atom. The van der Waals surface area contributed by atoms with Gasteiger partial charge in [0.1, 0.15) is 15.1 Å². The molecule has 1 heterocycles. The molecule has 0 atom stereocenters. The maximum absolute atomic E-state index is 12.2. The summed E-state index contributed by atoms with van der Waals surface area (Å²) in [5.74, 6) is -0.271. The Bertz CT molecular complexity index is 344. The van der Waals surface area contributed by atoms with Gasteiger partial charge in [-0.25, -0.2) is 13.8 Å². The van der Waals surface area contributed by atoms with Gasteiger partial charge in [0.05, 0.1) is 0 Å². The molecule has 70 valence electrons. The summed E-state index contributed by atoms with van der Waals surface area (Å²) in [5, 5.41) is 9.06. The zero-order valence-electron chi connectivity index (χ0n) is 6.17. The average Bonchev–Trinajstić information content (AvgIpc) is 2.08. The minimum Gasteiger partial charge on any atom is -0.505 e. The van der Waals surface area contributed by atoms with Crippen molar-refractivity contribution in [3.63, 3.8) is 0 Å². The van der Waals surface area contributed by atoms with Crippen molar-refractivity contribution in [2.24, 2.45) is 0 Å². The fraction of sp³-hybridized carbons (Fsp3) is 0.143. The minimum absolute atomic E-state index is 0.0542. The van der Waals surface area contributed by atoms with E-state index in [0.29, 0.717) is 0 Å². The number of nitrogens with zero attached hydrogens (tertiary/aromatic N) is 1. The Morgan fingerprint density at radius 2 is 2.23 bits per heavy atom. The van der Waals surface area contributed by atoms with E-state index in [9.17, 15) is 13.6 Å². The van der Waals surface area contributed by atoms with Crippen LogP contribution in [0.4, 0.5) is 8.78 Å². The SMILES string of the molecule is O=Cc1cc(O)c(I)nc1C(F)F. The zero-order valence-corrected chi connectivity index (χ0v) is 8.33. The average molecular weight is 299 g/mol. The van der Waals surface area contributed by atoms with Gasteiger partial charge >= 0.3 is 0 Å². The number of hydrogen-bond donors (Lipinski definition) is 1. The van der Waals surface area contributed by atoms with Gasteiger partial charge in [0.15, 0.2) is 6.29 Å². The van der Waals surface area contributed by atoms with Crippen molar-refractivity contribution in [3.05, 3.63) is 21.0 Å². The zero-order chi connectivity index (χ0) is 10.0. The molecule has 0 bridgehead atoms. The molecule has 0 amide bonds. The maximum atomic E-state index is 12.2. The van der Waals surface area contributed by atoms with Crippen LogP contribution in [-0.4, -0.2) is 16.4 Å². The van der Waals surface area contributed by atoms with Crippen molar-refractivity contribution in [2.45, 2.75) is 6.43 Å². The normalized spacial score (nSPS) is 10.5. The molecule has 1 aromatic rings. The molecular formula is C7H4F2INO2. The Kier molecular flexibility index (Phi) is 3.12. The van der Waals surface area contributed by atoms with Crippen LogP contribution in [0.5, 0.6) is 5.75 Å². The standard InChI is InChI=1S/C7H4F2INO2/c8-6(9)5-3(2-12)1-4(13)7(10)11-5/h1-2,6,13H. The van der Waals surface area contributed by atoms with E-state index in [1.54, 1.807) is 22.6 Å². The fourth-order valence-electron chi connectivity index (χ4n) is 0.778. The molecule has 1 N–H and O–H groups in total. The van der Waals surface area contributed by atoms with Crippen LogP contribution < -0.4 is 0 Å². The Balaban J connectivity index is 3.32. The number of aromatic nitrogens is 1. The summed E-state index contributed by atoms with van der Waals surface area (Å²) in [4.78, 5) is 13.7. The van der Waals surface area contributed by atoms with E-state index in [0.717, 1.165) is 6.07 Å². The highest BCUT2D eigenvalue weighted by Crippen LogP contribution is 2.26. The number of carbonyl (C=O) groups is 1. The number of rotatable bonds is 2. The summed E-state index contributed by atoms with van der Waals surface area (Å²) >= 11 is 1.61. The first-order valence-corrected chi connectivity index (χ1v) is 4.27. The van der Waals surface area contributed by atoms with Gasteiger partial charge < -0.3 is 5.11 Å². The fourth-order valence-corrected chi connectivity index (χ4v) is 1.19. The third-order valence-corrected chi connectivity index (χ3v) is 2.15. The minimum atomic E-state index is -2.81. The van der Waals surface area contributed by atoms with E-state index in [1.165, 1.54) is 0 Å². The molecule has 0 spiro atoms. The Labute approximate surface area is 85.9 Å². The lowest BCUT2D eigenvalue weighted by Gasteiger charge is -2.04. The predicted octanol–water partition coefficient (Wildman–Crippen LogP) is 2.14. The van der Waals surface area contributed by atoms with Gasteiger partial charge in [-0.2, -0.15) is 0 Å². The number of pyridine rings is 1. The molecule has 6 heteroatoms. The topological polar surface area (TPSA) is 50.2 Å². The quantitative estimate of drug-likeness (QED) is 0.517. The predicted molar refractivity (Wildman–Crippen MR) is 49.0 cm³/mol. The molecule has 0 aromatic carbocycles. The number of aromatic hydroxyl groups is 1. The lowest BCUT2D eigenvalue weighted by molar-refractivity contribution is 0.110. The Morgan fingerprint density at radius 3 is 2.69 bits per heavy atom. The number of carbonyl (C=O) groups excluding carboxylic acids is 1. The number of hydrogen-bond acceptors (Lipinski definition) is 3. The molecule has 0 saturated carbocycles. The summed E-state index contributed by atoms with van der Waals surface area (Å²) in [5.41, 5.74) is -0.884. The summed E-state index contributed by atoms with van der Waals surface area (Å²) in [6.07, 6.45) is -2.57. The van der Waals surface area contributed by atoms with Crippen molar-refractivity contribution in [1.29, 1.82) is 0 Å². The van der Waals surface area contributed by atoms with Gasteiger partial charge in [0.2, 0.25) is 0 Å². The number of alkyl halides is 2. The monoisotopic (exact) mass is 299 g/mol. The van der Waals surface area contributed by atoms with Crippen LogP contribution in [0.1, 0.15) is 22.5 Å². The maximum Gasteiger partial charge on any atom is 0.281 e. The van der Waals surface area contributed by atoms with E-state index in [1.807, 2.05) is 0 Å². The van der Waals surface area contributed by atoms with Gasteiger partial charge in [0.25, 0.3) is 6.43 Å². The van der Waals surface area contributed by atoms with Crippen molar-refractivity contribution in [2.75, 3.05) is 0 Å². The van der Waals surface area contributed by atoms with Crippen LogP contribution in [0.25, 0.3) is 0 Å². The third kappa shape index (κ3) is 2.11. The highest BCUT2D eigenvalue weighted by atomic mass is 127. The number of halogens is 3. The molecule has 0 fully saturated rings. The van der Waals surface area contributed by atoms with E-state index in [2.05, 4.69) is 4.98 Å². The highest BCUT2D eigenvalue weighted by Gasteiger charge is 2.17. The first-order valence-electron chi connectivity index (χ1n) is 3.19. The smallest absolute Gasteiger partial charge is 0.281 e. The van der Waals surface area contributed by atoms with Crippen molar-refractivity contribution >= 4 is 28.9 Å². The van der Waals surface area contributed by atoms with Gasteiger partial charge in [0, 0.05) is 5.56 Å². The van der Waals surface area contributed by atoms with E-state index in [4.69, 9.17) is 5.11 Å². The molecule has 1 rings (SSSR count).